The van der Waals surface area contributed by atoms with E-state index in [9.17, 15) is 4.79 Å². The maximum atomic E-state index is 11.4. The van der Waals surface area contributed by atoms with Crippen LogP contribution in [-0.4, -0.2) is 4.57 Å². The molecule has 0 atom stereocenters. The Kier molecular flexibility index (Phi) is 2.95. The molecule has 0 amide bonds. The van der Waals surface area contributed by atoms with Gasteiger partial charge in [-0.05, 0) is 29.8 Å². The molecule has 1 heterocycles. The standard InChI is InChI=1S/C15H15N3O2/c1-18-13-8-10(6-7-14(13)20-15(18)19)9-17-12-5-3-2-4-11(12)16/h2-8,17H,9,16H2,1H3. The second-order valence-electron chi connectivity index (χ2n) is 4.67. The molecule has 3 N–H and O–H groups in total. The number of nitrogens with one attached hydrogen (secondary N) is 1. The fourth-order valence-electron chi connectivity index (χ4n) is 2.14. The Morgan fingerprint density at radius 2 is 2.05 bits per heavy atom. The van der Waals surface area contributed by atoms with Gasteiger partial charge in [0.15, 0.2) is 5.58 Å². The minimum absolute atomic E-state index is 0.350. The third kappa shape index (κ3) is 2.14. The molecule has 5 nitrogen and oxygen atoms in total. The van der Waals surface area contributed by atoms with Gasteiger partial charge < -0.3 is 15.5 Å². The maximum Gasteiger partial charge on any atom is 0.419 e. The lowest BCUT2D eigenvalue weighted by Crippen LogP contribution is -2.08. The van der Waals surface area contributed by atoms with Crippen LogP contribution in [0.25, 0.3) is 11.1 Å². The number of rotatable bonds is 3. The number of para-hydroxylation sites is 2. The van der Waals surface area contributed by atoms with E-state index in [0.717, 1.165) is 16.8 Å². The minimum atomic E-state index is -0.350. The number of nitrogens with zero attached hydrogens (tertiary/aromatic N) is 1. The lowest BCUT2D eigenvalue weighted by atomic mass is 10.2. The molecule has 0 saturated heterocycles. The van der Waals surface area contributed by atoms with Crippen molar-refractivity contribution in [1.82, 2.24) is 4.57 Å². The van der Waals surface area contributed by atoms with Crippen LogP contribution in [0.4, 0.5) is 11.4 Å². The number of fused-ring (bicyclic) bond motifs is 1. The molecule has 0 aliphatic carbocycles. The molecule has 0 bridgehead atoms. The number of benzene rings is 2. The Labute approximate surface area is 115 Å². The highest BCUT2D eigenvalue weighted by Crippen LogP contribution is 2.19. The summed E-state index contributed by atoms with van der Waals surface area (Å²) >= 11 is 0. The number of anilines is 2. The van der Waals surface area contributed by atoms with Crippen LogP contribution in [0, 0.1) is 0 Å². The quantitative estimate of drug-likeness (QED) is 0.716. The van der Waals surface area contributed by atoms with Gasteiger partial charge in [-0.3, -0.25) is 4.57 Å². The fourth-order valence-corrected chi connectivity index (χ4v) is 2.14. The molecule has 0 fully saturated rings. The van der Waals surface area contributed by atoms with Crippen molar-refractivity contribution in [3.05, 3.63) is 58.6 Å². The smallest absolute Gasteiger partial charge is 0.408 e. The van der Waals surface area contributed by atoms with Crippen LogP contribution >= 0.6 is 0 Å². The van der Waals surface area contributed by atoms with Crippen molar-refractivity contribution in [2.24, 2.45) is 7.05 Å². The number of hydrogen-bond acceptors (Lipinski definition) is 4. The zero-order valence-electron chi connectivity index (χ0n) is 11.1. The highest BCUT2D eigenvalue weighted by atomic mass is 16.4. The number of hydrogen-bond donors (Lipinski definition) is 2. The lowest BCUT2D eigenvalue weighted by molar-refractivity contribution is 0.528. The minimum Gasteiger partial charge on any atom is -0.408 e. The van der Waals surface area contributed by atoms with Crippen LogP contribution < -0.4 is 16.8 Å². The summed E-state index contributed by atoms with van der Waals surface area (Å²) in [7, 11) is 1.69. The van der Waals surface area contributed by atoms with E-state index in [1.54, 1.807) is 7.05 Å². The average Bonchev–Trinajstić information content (AvgIpc) is 2.73. The first-order valence-corrected chi connectivity index (χ1v) is 6.32. The highest BCUT2D eigenvalue weighted by Gasteiger charge is 2.06. The molecule has 3 rings (SSSR count). The summed E-state index contributed by atoms with van der Waals surface area (Å²) in [5.41, 5.74) is 9.93. The Balaban J connectivity index is 1.86. The molecular formula is C15H15N3O2. The molecule has 0 aliphatic rings. The van der Waals surface area contributed by atoms with Gasteiger partial charge in [0.25, 0.3) is 0 Å². The number of aromatic nitrogens is 1. The summed E-state index contributed by atoms with van der Waals surface area (Å²) in [5.74, 6) is -0.350. The zero-order valence-corrected chi connectivity index (χ0v) is 11.1. The van der Waals surface area contributed by atoms with E-state index >= 15 is 0 Å². The van der Waals surface area contributed by atoms with E-state index in [1.165, 1.54) is 4.57 Å². The third-order valence-corrected chi connectivity index (χ3v) is 3.30. The summed E-state index contributed by atoms with van der Waals surface area (Å²) < 4.78 is 6.60. The van der Waals surface area contributed by atoms with Crippen LogP contribution in [0.1, 0.15) is 5.56 Å². The van der Waals surface area contributed by atoms with E-state index in [1.807, 2.05) is 42.5 Å². The van der Waals surface area contributed by atoms with E-state index in [-0.39, 0.29) is 5.76 Å². The van der Waals surface area contributed by atoms with Crippen LogP contribution in [-0.2, 0) is 13.6 Å². The zero-order chi connectivity index (χ0) is 14.1. The van der Waals surface area contributed by atoms with Crippen molar-refractivity contribution in [3.8, 4) is 0 Å². The van der Waals surface area contributed by atoms with Gasteiger partial charge in [0.1, 0.15) is 0 Å². The van der Waals surface area contributed by atoms with Gasteiger partial charge in [-0.2, -0.15) is 0 Å². The summed E-state index contributed by atoms with van der Waals surface area (Å²) in [6.45, 7) is 0.628. The molecule has 102 valence electrons. The van der Waals surface area contributed by atoms with Gasteiger partial charge in [-0.1, -0.05) is 18.2 Å². The van der Waals surface area contributed by atoms with Crippen molar-refractivity contribution < 1.29 is 4.42 Å². The first kappa shape index (κ1) is 12.3. The third-order valence-electron chi connectivity index (χ3n) is 3.30. The molecule has 0 spiro atoms. The second-order valence-corrected chi connectivity index (χ2v) is 4.67. The van der Waals surface area contributed by atoms with Crippen molar-refractivity contribution in [2.75, 3.05) is 11.1 Å². The molecular weight excluding hydrogens is 254 g/mol. The number of oxazole rings is 1. The van der Waals surface area contributed by atoms with Gasteiger partial charge in [-0.25, -0.2) is 4.79 Å². The Morgan fingerprint density at radius 1 is 1.25 bits per heavy atom. The number of aryl methyl sites for hydroxylation is 1. The summed E-state index contributed by atoms with van der Waals surface area (Å²) in [4.78, 5) is 11.4. The molecule has 1 aromatic heterocycles. The first-order valence-electron chi connectivity index (χ1n) is 6.32. The number of nitrogen functional groups attached to an aromatic ring is 1. The molecule has 3 aromatic rings. The second kappa shape index (κ2) is 4.77. The predicted molar refractivity (Wildman–Crippen MR) is 79.6 cm³/mol. The average molecular weight is 269 g/mol. The topological polar surface area (TPSA) is 73.2 Å². The predicted octanol–water partition coefficient (Wildman–Crippen LogP) is 2.33. The summed E-state index contributed by atoms with van der Waals surface area (Å²) in [6.07, 6.45) is 0. The molecule has 2 aromatic carbocycles. The van der Waals surface area contributed by atoms with Gasteiger partial charge in [-0.15, -0.1) is 0 Å². The largest absolute Gasteiger partial charge is 0.419 e. The van der Waals surface area contributed by atoms with Gasteiger partial charge >= 0.3 is 5.76 Å². The first-order chi connectivity index (χ1) is 9.65. The maximum absolute atomic E-state index is 11.4. The molecule has 0 unspecified atom stereocenters. The van der Waals surface area contributed by atoms with Crippen LogP contribution in [0.3, 0.4) is 0 Å². The molecule has 20 heavy (non-hydrogen) atoms. The van der Waals surface area contributed by atoms with Crippen molar-refractivity contribution in [2.45, 2.75) is 6.54 Å². The molecule has 5 heteroatoms. The molecule has 0 radical (unpaired) electrons. The van der Waals surface area contributed by atoms with E-state index in [2.05, 4.69) is 5.32 Å². The van der Waals surface area contributed by atoms with E-state index in [4.69, 9.17) is 10.2 Å². The monoisotopic (exact) mass is 269 g/mol. The van der Waals surface area contributed by atoms with Crippen LogP contribution in [0.2, 0.25) is 0 Å². The SMILES string of the molecule is Cn1c(=O)oc2ccc(CNc3ccccc3N)cc21. The number of nitrogens with two attached hydrogens (primary N) is 1. The normalized spacial score (nSPS) is 10.8. The Morgan fingerprint density at radius 3 is 2.85 bits per heavy atom. The van der Waals surface area contributed by atoms with Crippen LogP contribution in [0.15, 0.2) is 51.7 Å². The van der Waals surface area contributed by atoms with Gasteiger partial charge in [0.05, 0.1) is 16.9 Å². The van der Waals surface area contributed by atoms with Crippen molar-refractivity contribution in [3.63, 3.8) is 0 Å². The van der Waals surface area contributed by atoms with Crippen molar-refractivity contribution in [1.29, 1.82) is 0 Å². The fraction of sp³-hybridized carbons (Fsp3) is 0.133. The summed E-state index contributed by atoms with van der Waals surface area (Å²) in [6, 6.07) is 13.3. The van der Waals surface area contributed by atoms with Gasteiger partial charge in [0.2, 0.25) is 0 Å². The highest BCUT2D eigenvalue weighted by molar-refractivity contribution is 5.74. The van der Waals surface area contributed by atoms with Crippen molar-refractivity contribution >= 4 is 22.5 Å². The van der Waals surface area contributed by atoms with Gasteiger partial charge in [0, 0.05) is 13.6 Å². The Hall–Kier alpha value is -2.69. The Bertz CT molecular complexity index is 817. The molecule has 0 saturated carbocycles. The summed E-state index contributed by atoms with van der Waals surface area (Å²) in [5, 5.41) is 3.28. The van der Waals surface area contributed by atoms with E-state index in [0.29, 0.717) is 17.8 Å². The molecule has 0 aliphatic heterocycles. The lowest BCUT2D eigenvalue weighted by Gasteiger charge is -2.09. The van der Waals surface area contributed by atoms with Crippen LogP contribution in [0.5, 0.6) is 0 Å². The van der Waals surface area contributed by atoms with E-state index < -0.39 is 0 Å².